The molecule has 140 valence electrons. The number of hydrogen-bond acceptors (Lipinski definition) is 3. The molecule has 28 heavy (non-hydrogen) atoms. The molecule has 0 radical (unpaired) electrons. The first-order chi connectivity index (χ1) is 13.5. The highest BCUT2D eigenvalue weighted by Gasteiger charge is 2.12. The molecule has 0 aliphatic carbocycles. The van der Waals surface area contributed by atoms with Gasteiger partial charge in [0.2, 0.25) is 0 Å². The van der Waals surface area contributed by atoms with Gasteiger partial charge in [-0.25, -0.2) is 4.79 Å². The number of carboxylic acids is 1. The Bertz CT molecular complexity index is 1150. The lowest BCUT2D eigenvalue weighted by molar-refractivity contribution is 0.0697. The van der Waals surface area contributed by atoms with Crippen molar-refractivity contribution in [3.63, 3.8) is 0 Å². The number of ether oxygens (including phenoxy) is 1. The first-order valence-corrected chi connectivity index (χ1v) is 10.5. The fourth-order valence-corrected chi connectivity index (χ4v) is 4.52. The Morgan fingerprint density at radius 2 is 2.00 bits per heavy atom. The zero-order chi connectivity index (χ0) is 19.7. The van der Waals surface area contributed by atoms with E-state index in [1.54, 1.807) is 23.5 Å². The van der Waals surface area contributed by atoms with Gasteiger partial charge in [-0.2, -0.15) is 11.3 Å². The summed E-state index contributed by atoms with van der Waals surface area (Å²) < 4.78 is 6.82. The summed E-state index contributed by atoms with van der Waals surface area (Å²) in [5, 5.41) is 15.9. The molecule has 0 spiro atoms. The van der Waals surface area contributed by atoms with E-state index in [0.29, 0.717) is 17.4 Å². The van der Waals surface area contributed by atoms with Crippen LogP contribution in [0.1, 0.15) is 15.9 Å². The molecule has 0 saturated heterocycles. The van der Waals surface area contributed by atoms with E-state index in [9.17, 15) is 9.90 Å². The molecule has 0 amide bonds. The molecule has 3 aromatic carbocycles. The first kappa shape index (κ1) is 19.0. The fourth-order valence-electron chi connectivity index (χ4n) is 3.04. The summed E-state index contributed by atoms with van der Waals surface area (Å²) in [6.07, 6.45) is 0. The van der Waals surface area contributed by atoms with Crippen molar-refractivity contribution in [1.29, 1.82) is 0 Å². The van der Waals surface area contributed by atoms with Gasteiger partial charge in [0.25, 0.3) is 0 Å². The number of carbonyl (C=O) groups is 1. The van der Waals surface area contributed by atoms with Gasteiger partial charge in [0.05, 0.1) is 5.56 Å². The second-order valence-corrected chi connectivity index (χ2v) is 8.25. The maximum atomic E-state index is 11.6. The standard InChI is InChI=1S/C22H14BrClO3S/c23-20-2-1-3-21(24)19(20)11-27-16-4-5-17-14(9-16)8-15(22(25)26)10-18(17)13-6-7-28-12-13/h1-10,12H,11H2,(H,25,26). The lowest BCUT2D eigenvalue weighted by Gasteiger charge is -2.12. The summed E-state index contributed by atoms with van der Waals surface area (Å²) in [4.78, 5) is 11.6. The average molecular weight is 474 g/mol. The highest BCUT2D eigenvalue weighted by molar-refractivity contribution is 9.10. The maximum absolute atomic E-state index is 11.6. The number of aromatic carboxylic acids is 1. The smallest absolute Gasteiger partial charge is 0.335 e. The molecule has 1 N–H and O–H groups in total. The molecule has 0 unspecified atom stereocenters. The quantitative estimate of drug-likeness (QED) is 0.332. The minimum atomic E-state index is -0.954. The van der Waals surface area contributed by atoms with Gasteiger partial charge >= 0.3 is 5.97 Å². The van der Waals surface area contributed by atoms with E-state index >= 15 is 0 Å². The van der Waals surface area contributed by atoms with Crippen molar-refractivity contribution in [2.24, 2.45) is 0 Å². The van der Waals surface area contributed by atoms with Gasteiger partial charge in [0.15, 0.2) is 0 Å². The normalized spacial score (nSPS) is 10.9. The second kappa shape index (κ2) is 7.95. The molecule has 0 saturated carbocycles. The minimum Gasteiger partial charge on any atom is -0.489 e. The first-order valence-electron chi connectivity index (χ1n) is 8.42. The number of hydrogen-bond donors (Lipinski definition) is 1. The van der Waals surface area contributed by atoms with Crippen LogP contribution in [-0.2, 0) is 6.61 Å². The molecule has 1 heterocycles. The summed E-state index contributed by atoms with van der Waals surface area (Å²) in [7, 11) is 0. The van der Waals surface area contributed by atoms with Crippen LogP contribution in [0.2, 0.25) is 5.02 Å². The largest absolute Gasteiger partial charge is 0.489 e. The van der Waals surface area contributed by atoms with Crippen LogP contribution < -0.4 is 4.74 Å². The number of fused-ring (bicyclic) bond motifs is 1. The summed E-state index contributed by atoms with van der Waals surface area (Å²) in [5.41, 5.74) is 3.02. The van der Waals surface area contributed by atoms with Crippen LogP contribution >= 0.6 is 38.9 Å². The summed E-state index contributed by atoms with van der Waals surface area (Å²) in [6.45, 7) is 0.307. The van der Waals surface area contributed by atoms with Crippen LogP contribution in [0.4, 0.5) is 0 Å². The number of benzene rings is 3. The van der Waals surface area contributed by atoms with Crippen LogP contribution in [0.15, 0.2) is 69.8 Å². The van der Waals surface area contributed by atoms with Gasteiger partial charge in [0.1, 0.15) is 12.4 Å². The van der Waals surface area contributed by atoms with Crippen LogP contribution in [0, 0.1) is 0 Å². The van der Waals surface area contributed by atoms with E-state index in [1.807, 2.05) is 53.2 Å². The van der Waals surface area contributed by atoms with Crippen LogP contribution in [-0.4, -0.2) is 11.1 Å². The molecule has 0 aliphatic rings. The van der Waals surface area contributed by atoms with E-state index in [4.69, 9.17) is 16.3 Å². The Labute approximate surface area is 179 Å². The second-order valence-electron chi connectivity index (χ2n) is 6.21. The Balaban J connectivity index is 1.73. The Hall–Kier alpha value is -2.34. The van der Waals surface area contributed by atoms with Crippen LogP contribution in [0.3, 0.4) is 0 Å². The highest BCUT2D eigenvalue weighted by Crippen LogP contribution is 2.34. The fraction of sp³-hybridized carbons (Fsp3) is 0.0455. The Morgan fingerprint density at radius 1 is 1.14 bits per heavy atom. The third-order valence-electron chi connectivity index (χ3n) is 4.45. The molecule has 0 aliphatic heterocycles. The molecule has 4 aromatic rings. The summed E-state index contributed by atoms with van der Waals surface area (Å²) in [6, 6.07) is 16.7. The van der Waals surface area contributed by atoms with Gasteiger partial charge in [-0.3, -0.25) is 0 Å². The molecule has 1 aromatic heterocycles. The lowest BCUT2D eigenvalue weighted by Crippen LogP contribution is -1.99. The van der Waals surface area contributed by atoms with Crippen molar-refractivity contribution in [2.75, 3.05) is 0 Å². The lowest BCUT2D eigenvalue weighted by atomic mass is 9.97. The average Bonchev–Trinajstić information content (AvgIpc) is 3.21. The number of halogens is 2. The van der Waals surface area contributed by atoms with Gasteiger partial charge in [-0.05, 0) is 75.1 Å². The zero-order valence-corrected chi connectivity index (χ0v) is 17.6. The third-order valence-corrected chi connectivity index (χ3v) is 6.23. The molecule has 0 fully saturated rings. The molecule has 6 heteroatoms. The van der Waals surface area contributed by atoms with E-state index < -0.39 is 5.97 Å². The topological polar surface area (TPSA) is 46.5 Å². The predicted octanol–water partition coefficient (Wildman–Crippen LogP) is 7.26. The van der Waals surface area contributed by atoms with Crippen LogP contribution in [0.5, 0.6) is 5.75 Å². The Kier molecular flexibility index (Phi) is 5.40. The van der Waals surface area contributed by atoms with Gasteiger partial charge < -0.3 is 9.84 Å². The van der Waals surface area contributed by atoms with Crippen LogP contribution in [0.25, 0.3) is 21.9 Å². The molecule has 0 bridgehead atoms. The number of carboxylic acid groups (broad SMARTS) is 1. The SMILES string of the molecule is O=C(O)c1cc(-c2ccsc2)c2ccc(OCc3c(Cl)cccc3Br)cc2c1. The molecular weight excluding hydrogens is 460 g/mol. The minimum absolute atomic E-state index is 0.250. The maximum Gasteiger partial charge on any atom is 0.335 e. The van der Waals surface area contributed by atoms with E-state index in [2.05, 4.69) is 15.9 Å². The van der Waals surface area contributed by atoms with Crippen molar-refractivity contribution in [1.82, 2.24) is 0 Å². The highest BCUT2D eigenvalue weighted by atomic mass is 79.9. The monoisotopic (exact) mass is 472 g/mol. The van der Waals surface area contributed by atoms with Crippen molar-refractivity contribution >= 4 is 55.6 Å². The predicted molar refractivity (Wildman–Crippen MR) is 118 cm³/mol. The Morgan fingerprint density at radius 3 is 2.71 bits per heavy atom. The molecule has 0 atom stereocenters. The number of thiophene rings is 1. The van der Waals surface area contributed by atoms with E-state index in [0.717, 1.165) is 31.9 Å². The zero-order valence-electron chi connectivity index (χ0n) is 14.5. The van der Waals surface area contributed by atoms with Crippen molar-refractivity contribution in [3.05, 3.63) is 86.0 Å². The van der Waals surface area contributed by atoms with Crippen molar-refractivity contribution in [2.45, 2.75) is 6.61 Å². The molecule has 4 rings (SSSR count). The molecular formula is C22H14BrClO3S. The summed E-state index contributed by atoms with van der Waals surface area (Å²) >= 11 is 11.3. The third kappa shape index (κ3) is 3.78. The van der Waals surface area contributed by atoms with Gasteiger partial charge in [-0.15, -0.1) is 0 Å². The van der Waals surface area contributed by atoms with Gasteiger partial charge in [0, 0.05) is 15.1 Å². The van der Waals surface area contributed by atoms with Crippen molar-refractivity contribution < 1.29 is 14.6 Å². The number of rotatable bonds is 5. The van der Waals surface area contributed by atoms with Gasteiger partial charge in [-0.1, -0.05) is 39.7 Å². The van der Waals surface area contributed by atoms with Crippen molar-refractivity contribution in [3.8, 4) is 16.9 Å². The van der Waals surface area contributed by atoms with E-state index in [-0.39, 0.29) is 5.56 Å². The molecule has 3 nitrogen and oxygen atoms in total. The summed E-state index contributed by atoms with van der Waals surface area (Å²) in [5.74, 6) is -0.303. The van der Waals surface area contributed by atoms with E-state index in [1.165, 1.54) is 0 Å².